The van der Waals surface area contributed by atoms with Gasteiger partial charge in [0, 0.05) is 27.9 Å². The molecular formula is C25H41N3O16. The van der Waals surface area contributed by atoms with E-state index in [0.29, 0.717) is 0 Å². The second-order valence-corrected chi connectivity index (χ2v) is 10.8. The number of aliphatic hydroxyl groups excluding tert-OH is 5. The number of methoxy groups -OCH3 is 1. The fraction of sp³-hybridized carbons (Fsp3) is 0.840. The maximum absolute atomic E-state index is 12.2. The number of carbonyl (C=O) groups is 4. The Kier molecular flexibility index (Phi) is 12.4. The highest BCUT2D eigenvalue weighted by Crippen LogP contribution is 2.32. The number of hydrogen-bond donors (Lipinski definition) is 9. The molecule has 3 aliphatic rings. The van der Waals surface area contributed by atoms with Gasteiger partial charge in [-0.3, -0.25) is 14.4 Å². The predicted octanol–water partition coefficient (Wildman–Crippen LogP) is -5.37. The molecule has 0 bridgehead atoms. The van der Waals surface area contributed by atoms with Crippen LogP contribution in [0.4, 0.5) is 0 Å². The second-order valence-electron chi connectivity index (χ2n) is 10.8. The van der Waals surface area contributed by atoms with Crippen molar-refractivity contribution in [2.75, 3.05) is 13.7 Å². The zero-order valence-electron chi connectivity index (χ0n) is 24.6. The summed E-state index contributed by atoms with van der Waals surface area (Å²) in [6.07, 6.45) is -18.9. The van der Waals surface area contributed by atoms with E-state index in [9.17, 15) is 49.8 Å². The highest BCUT2D eigenvalue weighted by Gasteiger charge is 2.55. The number of carboxylic acids is 1. The van der Waals surface area contributed by atoms with Gasteiger partial charge < -0.3 is 75.0 Å². The molecule has 3 aliphatic heterocycles. The van der Waals surface area contributed by atoms with Crippen LogP contribution in [0.3, 0.4) is 0 Å². The smallest absolute Gasteiger partial charge is 0.335 e. The Bertz CT molecular complexity index is 1040. The fourth-order valence-corrected chi connectivity index (χ4v) is 5.43. The third-order valence-corrected chi connectivity index (χ3v) is 7.45. The van der Waals surface area contributed by atoms with Crippen molar-refractivity contribution >= 4 is 23.7 Å². The van der Waals surface area contributed by atoms with Crippen LogP contribution in [0.15, 0.2) is 0 Å². The summed E-state index contributed by atoms with van der Waals surface area (Å²) in [6, 6.07) is -3.98. The normalized spacial score (nSPS) is 42.6. The Morgan fingerprint density at radius 3 is 1.68 bits per heavy atom. The summed E-state index contributed by atoms with van der Waals surface area (Å²) in [7, 11) is 1.27. The zero-order chi connectivity index (χ0) is 33.0. The first kappa shape index (κ1) is 35.9. The van der Waals surface area contributed by atoms with Gasteiger partial charge in [-0.2, -0.15) is 0 Å². The van der Waals surface area contributed by atoms with Gasteiger partial charge in [0.2, 0.25) is 17.7 Å². The molecule has 44 heavy (non-hydrogen) atoms. The number of carboxylic acid groups (broad SMARTS) is 1. The highest BCUT2D eigenvalue weighted by atomic mass is 16.7. The van der Waals surface area contributed by atoms with Crippen LogP contribution in [0.5, 0.6) is 0 Å². The van der Waals surface area contributed by atoms with Crippen molar-refractivity contribution in [1.29, 1.82) is 0 Å². The SMILES string of the molecule is COC1OC(C)C(NC(C)=O)C(OC2OC(CO)C(OC3OC(C(=O)O)C(O)C(O)C3NC(C)=O)C(O)C2NC(C)=O)C1O. The molecule has 15 unspecified atom stereocenters. The molecule has 3 amide bonds. The molecule has 0 aromatic heterocycles. The summed E-state index contributed by atoms with van der Waals surface area (Å²) in [5.41, 5.74) is 0. The maximum Gasteiger partial charge on any atom is 0.335 e. The van der Waals surface area contributed by atoms with Crippen LogP contribution in [0.25, 0.3) is 0 Å². The van der Waals surface area contributed by atoms with E-state index in [1.165, 1.54) is 14.0 Å². The van der Waals surface area contributed by atoms with E-state index in [1.54, 1.807) is 6.92 Å². The average molecular weight is 640 g/mol. The van der Waals surface area contributed by atoms with Gasteiger partial charge in [-0.05, 0) is 6.92 Å². The molecule has 0 aromatic rings. The summed E-state index contributed by atoms with van der Waals surface area (Å²) < 4.78 is 33.8. The quantitative estimate of drug-likeness (QED) is 0.108. The van der Waals surface area contributed by atoms with Crippen molar-refractivity contribution in [2.24, 2.45) is 0 Å². The Labute approximate surface area is 251 Å². The lowest BCUT2D eigenvalue weighted by molar-refractivity contribution is -0.348. The van der Waals surface area contributed by atoms with Crippen LogP contribution < -0.4 is 16.0 Å². The third-order valence-electron chi connectivity index (χ3n) is 7.45. The number of aliphatic hydroxyl groups is 5. The first-order chi connectivity index (χ1) is 20.6. The number of amides is 3. The number of nitrogens with one attached hydrogen (secondary N) is 3. The van der Waals surface area contributed by atoms with Crippen LogP contribution >= 0.6 is 0 Å². The van der Waals surface area contributed by atoms with E-state index >= 15 is 0 Å². The van der Waals surface area contributed by atoms with Gasteiger partial charge in [-0.15, -0.1) is 0 Å². The van der Waals surface area contributed by atoms with Gasteiger partial charge in [0.1, 0.15) is 54.8 Å². The Balaban J connectivity index is 1.94. The third kappa shape index (κ3) is 7.98. The topological polar surface area (TPSA) is 281 Å². The lowest BCUT2D eigenvalue weighted by Gasteiger charge is -2.50. The van der Waals surface area contributed by atoms with Crippen LogP contribution in [-0.4, -0.2) is 160 Å². The monoisotopic (exact) mass is 639 g/mol. The van der Waals surface area contributed by atoms with Gasteiger partial charge in [0.15, 0.2) is 25.0 Å². The number of aliphatic carboxylic acids is 1. The summed E-state index contributed by atoms with van der Waals surface area (Å²) in [6.45, 7) is 4.17. The number of rotatable bonds is 10. The largest absolute Gasteiger partial charge is 0.479 e. The summed E-state index contributed by atoms with van der Waals surface area (Å²) in [5, 5.41) is 70.2. The van der Waals surface area contributed by atoms with E-state index < -0.39 is 122 Å². The van der Waals surface area contributed by atoms with E-state index in [-0.39, 0.29) is 0 Å². The van der Waals surface area contributed by atoms with Crippen molar-refractivity contribution < 1.29 is 78.2 Å². The van der Waals surface area contributed by atoms with E-state index in [0.717, 1.165) is 13.8 Å². The number of hydrogen-bond acceptors (Lipinski definition) is 15. The Morgan fingerprint density at radius 2 is 1.18 bits per heavy atom. The minimum atomic E-state index is -2.01. The molecule has 9 N–H and O–H groups in total. The fourth-order valence-electron chi connectivity index (χ4n) is 5.43. The van der Waals surface area contributed by atoms with Crippen molar-refractivity contribution in [3.05, 3.63) is 0 Å². The molecule has 0 aromatic carbocycles. The van der Waals surface area contributed by atoms with Crippen molar-refractivity contribution in [2.45, 2.75) is 120 Å². The van der Waals surface area contributed by atoms with Crippen molar-refractivity contribution in [3.63, 3.8) is 0 Å². The molecule has 19 nitrogen and oxygen atoms in total. The molecule has 0 radical (unpaired) electrons. The van der Waals surface area contributed by atoms with E-state index in [2.05, 4.69) is 16.0 Å². The predicted molar refractivity (Wildman–Crippen MR) is 140 cm³/mol. The molecule has 0 saturated carbocycles. The lowest BCUT2D eigenvalue weighted by atomic mass is 9.93. The highest BCUT2D eigenvalue weighted by molar-refractivity contribution is 5.75. The lowest BCUT2D eigenvalue weighted by Crippen LogP contribution is -2.71. The van der Waals surface area contributed by atoms with Gasteiger partial charge in [0.05, 0.1) is 18.8 Å². The first-order valence-electron chi connectivity index (χ1n) is 13.8. The Morgan fingerprint density at radius 1 is 0.682 bits per heavy atom. The van der Waals surface area contributed by atoms with Crippen LogP contribution in [0.2, 0.25) is 0 Å². The number of carbonyl (C=O) groups excluding carboxylic acids is 3. The van der Waals surface area contributed by atoms with E-state index in [1.807, 2.05) is 0 Å². The van der Waals surface area contributed by atoms with Gasteiger partial charge >= 0.3 is 5.97 Å². The molecular weight excluding hydrogens is 598 g/mol. The standard InChI is InChI=1S/C25H41N3O16/c1-7-12(26-8(2)30)20(18(36)25(39-5)40-7)43-23-14(28-10(4)32)16(34)19(11(6-29)41-23)42-24-13(27-9(3)31)15(33)17(35)21(44-24)22(37)38/h7,11-21,23-25,29,33-36H,6H2,1-5H3,(H,26,30)(H,27,31)(H,28,32)(H,37,38). The molecule has 0 spiro atoms. The zero-order valence-corrected chi connectivity index (χ0v) is 24.6. The van der Waals surface area contributed by atoms with Gasteiger partial charge in [-0.1, -0.05) is 0 Å². The summed E-state index contributed by atoms with van der Waals surface area (Å²) in [5.74, 6) is -3.53. The first-order valence-corrected chi connectivity index (χ1v) is 13.8. The molecule has 252 valence electrons. The van der Waals surface area contributed by atoms with Crippen LogP contribution in [0, 0.1) is 0 Å². The molecule has 3 rings (SSSR count). The Hall–Kier alpha value is -2.56. The van der Waals surface area contributed by atoms with Crippen molar-refractivity contribution in [3.8, 4) is 0 Å². The van der Waals surface area contributed by atoms with Gasteiger partial charge in [0.25, 0.3) is 0 Å². The van der Waals surface area contributed by atoms with Crippen LogP contribution in [0.1, 0.15) is 27.7 Å². The summed E-state index contributed by atoms with van der Waals surface area (Å²) in [4.78, 5) is 47.6. The molecule has 0 aliphatic carbocycles. The minimum absolute atomic E-state index is 0.486. The van der Waals surface area contributed by atoms with Crippen molar-refractivity contribution in [1.82, 2.24) is 16.0 Å². The van der Waals surface area contributed by atoms with Gasteiger partial charge in [-0.25, -0.2) is 4.79 Å². The van der Waals surface area contributed by atoms with Crippen LogP contribution in [-0.2, 0) is 47.6 Å². The molecule has 3 heterocycles. The average Bonchev–Trinajstić information content (AvgIpc) is 2.94. The summed E-state index contributed by atoms with van der Waals surface area (Å²) >= 11 is 0. The maximum atomic E-state index is 12.2. The minimum Gasteiger partial charge on any atom is -0.479 e. The molecule has 19 heteroatoms. The molecule has 3 fully saturated rings. The molecule has 15 atom stereocenters. The van der Waals surface area contributed by atoms with E-state index in [4.69, 9.17) is 28.4 Å². The molecule has 3 saturated heterocycles. The second kappa shape index (κ2) is 15.1. The number of ether oxygens (including phenoxy) is 6.